The number of amides is 1. The van der Waals surface area contributed by atoms with Crippen LogP contribution in [-0.4, -0.2) is 22.0 Å². The zero-order valence-corrected chi connectivity index (χ0v) is 12.9. The van der Waals surface area contributed by atoms with Gasteiger partial charge in [-0.1, -0.05) is 12.1 Å². The van der Waals surface area contributed by atoms with E-state index in [1.807, 2.05) is 6.92 Å². The summed E-state index contributed by atoms with van der Waals surface area (Å²) in [5.74, 6) is -1.48. The molecule has 2 N–H and O–H groups in total. The first-order valence-electron chi connectivity index (χ1n) is 6.43. The van der Waals surface area contributed by atoms with Crippen molar-refractivity contribution in [3.8, 4) is 0 Å². The number of hydrogen-bond donors (Lipinski definition) is 2. The Kier molecular flexibility index (Phi) is 4.37. The minimum absolute atomic E-state index is 0.0582. The van der Waals surface area contributed by atoms with Gasteiger partial charge in [0.1, 0.15) is 5.01 Å². The van der Waals surface area contributed by atoms with Crippen molar-refractivity contribution in [3.63, 3.8) is 0 Å². The number of thiazole rings is 1. The Bertz CT molecular complexity index is 707. The van der Waals surface area contributed by atoms with Gasteiger partial charge in [0.15, 0.2) is 0 Å². The van der Waals surface area contributed by atoms with E-state index in [4.69, 9.17) is 0 Å². The maximum absolute atomic E-state index is 12.3. The summed E-state index contributed by atoms with van der Waals surface area (Å²) in [4.78, 5) is 28.9. The molecule has 0 fully saturated rings. The van der Waals surface area contributed by atoms with Crippen molar-refractivity contribution in [2.45, 2.75) is 27.3 Å². The molecule has 21 heavy (non-hydrogen) atoms. The van der Waals surface area contributed by atoms with Crippen LogP contribution in [0.4, 0.5) is 0 Å². The summed E-state index contributed by atoms with van der Waals surface area (Å²) in [6.45, 7) is 5.65. The van der Waals surface area contributed by atoms with Gasteiger partial charge in [0.05, 0.1) is 17.7 Å². The highest BCUT2D eigenvalue weighted by Gasteiger charge is 2.21. The fourth-order valence-electron chi connectivity index (χ4n) is 2.11. The first kappa shape index (κ1) is 15.2. The molecular weight excluding hydrogens is 288 g/mol. The molecule has 6 heteroatoms. The zero-order chi connectivity index (χ0) is 15.6. The van der Waals surface area contributed by atoms with Gasteiger partial charge in [-0.25, -0.2) is 9.78 Å². The number of aromatic carboxylic acids is 1. The fourth-order valence-corrected chi connectivity index (χ4v) is 2.83. The predicted molar refractivity (Wildman–Crippen MR) is 80.9 cm³/mol. The molecule has 0 aliphatic heterocycles. The average Bonchev–Trinajstić information content (AvgIpc) is 2.83. The van der Waals surface area contributed by atoms with Crippen LogP contribution in [0.25, 0.3) is 0 Å². The molecule has 0 saturated carbocycles. The van der Waals surface area contributed by atoms with E-state index in [-0.39, 0.29) is 17.0 Å². The van der Waals surface area contributed by atoms with Crippen LogP contribution < -0.4 is 5.32 Å². The summed E-state index contributed by atoms with van der Waals surface area (Å²) in [5, 5.41) is 12.9. The van der Waals surface area contributed by atoms with Gasteiger partial charge in [0, 0.05) is 11.1 Å². The standard InChI is InChI=1S/C15H16N2O3S/c1-8-4-5-9(2)13(15(19)20)12(8)14(18)17-7-11-16-6-10(3)21-11/h4-6H,7H2,1-3H3,(H,17,18)(H,19,20). The van der Waals surface area contributed by atoms with Crippen LogP contribution in [0.15, 0.2) is 18.3 Å². The van der Waals surface area contributed by atoms with Crippen molar-refractivity contribution in [2.24, 2.45) is 0 Å². The molecule has 0 radical (unpaired) electrons. The van der Waals surface area contributed by atoms with E-state index < -0.39 is 5.97 Å². The van der Waals surface area contributed by atoms with Crippen molar-refractivity contribution < 1.29 is 14.7 Å². The lowest BCUT2D eigenvalue weighted by molar-refractivity contribution is 0.0690. The topological polar surface area (TPSA) is 79.3 Å². The van der Waals surface area contributed by atoms with E-state index in [9.17, 15) is 14.7 Å². The number of carbonyl (C=O) groups excluding carboxylic acids is 1. The SMILES string of the molecule is Cc1cnc(CNC(=O)c2c(C)ccc(C)c2C(=O)O)s1. The molecule has 0 bridgehead atoms. The summed E-state index contributed by atoms with van der Waals surface area (Å²) in [6, 6.07) is 3.46. The van der Waals surface area contributed by atoms with Crippen molar-refractivity contribution >= 4 is 23.2 Å². The maximum atomic E-state index is 12.3. The Morgan fingerprint density at radius 1 is 1.19 bits per heavy atom. The second-order valence-corrected chi connectivity index (χ2v) is 6.12. The zero-order valence-electron chi connectivity index (χ0n) is 12.1. The average molecular weight is 304 g/mol. The summed E-state index contributed by atoms with van der Waals surface area (Å²) >= 11 is 1.50. The van der Waals surface area contributed by atoms with Crippen LogP contribution >= 0.6 is 11.3 Å². The molecule has 0 saturated heterocycles. The van der Waals surface area contributed by atoms with Crippen LogP contribution in [0, 0.1) is 20.8 Å². The van der Waals surface area contributed by atoms with E-state index in [1.165, 1.54) is 11.3 Å². The Balaban J connectivity index is 2.26. The molecule has 1 aromatic heterocycles. The number of hydrogen-bond acceptors (Lipinski definition) is 4. The van der Waals surface area contributed by atoms with Crippen molar-refractivity contribution in [1.82, 2.24) is 10.3 Å². The van der Waals surface area contributed by atoms with Crippen molar-refractivity contribution in [1.29, 1.82) is 0 Å². The van der Waals surface area contributed by atoms with Gasteiger partial charge < -0.3 is 10.4 Å². The van der Waals surface area contributed by atoms with Crippen LogP contribution in [0.2, 0.25) is 0 Å². The lowest BCUT2D eigenvalue weighted by atomic mass is 9.96. The quantitative estimate of drug-likeness (QED) is 0.910. The molecule has 2 aromatic rings. The molecule has 110 valence electrons. The van der Waals surface area contributed by atoms with E-state index in [0.29, 0.717) is 17.7 Å². The fraction of sp³-hybridized carbons (Fsp3) is 0.267. The lowest BCUT2D eigenvalue weighted by Gasteiger charge is -2.12. The van der Waals surface area contributed by atoms with Crippen LogP contribution in [0.1, 0.15) is 41.7 Å². The Morgan fingerprint density at radius 3 is 2.33 bits per heavy atom. The third-order valence-electron chi connectivity index (χ3n) is 3.13. The number of nitrogens with one attached hydrogen (secondary N) is 1. The van der Waals surface area contributed by atoms with Crippen LogP contribution in [0.5, 0.6) is 0 Å². The normalized spacial score (nSPS) is 10.4. The van der Waals surface area contributed by atoms with Gasteiger partial charge in [-0.3, -0.25) is 4.79 Å². The van der Waals surface area contributed by atoms with Gasteiger partial charge in [0.2, 0.25) is 0 Å². The molecule has 0 unspecified atom stereocenters. The first-order chi connectivity index (χ1) is 9.90. The van der Waals surface area contributed by atoms with E-state index >= 15 is 0 Å². The highest BCUT2D eigenvalue weighted by molar-refractivity contribution is 7.11. The smallest absolute Gasteiger partial charge is 0.336 e. The summed E-state index contributed by atoms with van der Waals surface area (Å²) in [5.41, 5.74) is 1.49. The third-order valence-corrected chi connectivity index (χ3v) is 4.05. The second-order valence-electron chi connectivity index (χ2n) is 4.80. The number of carbonyl (C=O) groups is 2. The Labute approximate surface area is 126 Å². The summed E-state index contributed by atoms with van der Waals surface area (Å²) in [7, 11) is 0. The van der Waals surface area contributed by atoms with Crippen LogP contribution in [0.3, 0.4) is 0 Å². The molecule has 0 aliphatic rings. The minimum Gasteiger partial charge on any atom is -0.478 e. The third kappa shape index (κ3) is 3.28. The lowest BCUT2D eigenvalue weighted by Crippen LogP contribution is -2.26. The maximum Gasteiger partial charge on any atom is 0.336 e. The molecule has 0 aliphatic carbocycles. The van der Waals surface area contributed by atoms with Crippen molar-refractivity contribution in [2.75, 3.05) is 0 Å². The first-order valence-corrected chi connectivity index (χ1v) is 7.24. The molecule has 2 rings (SSSR count). The molecule has 0 atom stereocenters. The van der Waals surface area contributed by atoms with Gasteiger partial charge in [-0.05, 0) is 31.9 Å². The molecule has 1 aromatic carbocycles. The predicted octanol–water partition coefficient (Wildman–Crippen LogP) is 2.70. The van der Waals surface area contributed by atoms with Gasteiger partial charge in [-0.2, -0.15) is 0 Å². The van der Waals surface area contributed by atoms with Crippen LogP contribution in [-0.2, 0) is 6.54 Å². The highest BCUT2D eigenvalue weighted by atomic mass is 32.1. The number of benzene rings is 1. The van der Waals surface area contributed by atoms with Gasteiger partial charge >= 0.3 is 5.97 Å². The summed E-state index contributed by atoms with van der Waals surface area (Å²) < 4.78 is 0. The van der Waals surface area contributed by atoms with E-state index in [1.54, 1.807) is 32.2 Å². The number of aromatic nitrogens is 1. The Morgan fingerprint density at radius 2 is 1.81 bits per heavy atom. The van der Waals surface area contributed by atoms with Gasteiger partial charge in [0.25, 0.3) is 5.91 Å². The number of nitrogens with zero attached hydrogens (tertiary/aromatic N) is 1. The molecule has 1 amide bonds. The molecule has 5 nitrogen and oxygen atoms in total. The number of carboxylic acid groups (broad SMARTS) is 1. The Hall–Kier alpha value is -2.21. The number of carboxylic acids is 1. The minimum atomic E-state index is -1.09. The molecule has 1 heterocycles. The van der Waals surface area contributed by atoms with E-state index in [0.717, 1.165) is 9.88 Å². The monoisotopic (exact) mass is 304 g/mol. The largest absolute Gasteiger partial charge is 0.478 e. The highest BCUT2D eigenvalue weighted by Crippen LogP contribution is 2.19. The second kappa shape index (κ2) is 6.05. The molecule has 0 spiro atoms. The van der Waals surface area contributed by atoms with Crippen molar-refractivity contribution in [3.05, 3.63) is 50.5 Å². The van der Waals surface area contributed by atoms with E-state index in [2.05, 4.69) is 10.3 Å². The number of aryl methyl sites for hydroxylation is 3. The number of rotatable bonds is 4. The molecular formula is C15H16N2O3S. The summed E-state index contributed by atoms with van der Waals surface area (Å²) in [6.07, 6.45) is 1.74. The van der Waals surface area contributed by atoms with Gasteiger partial charge in [-0.15, -0.1) is 11.3 Å².